The maximum Gasteiger partial charge on any atom is 0.407 e. The van der Waals surface area contributed by atoms with E-state index in [1.54, 1.807) is 0 Å². The minimum Gasteiger partial charge on any atom is -0.444 e. The van der Waals surface area contributed by atoms with Crippen LogP contribution in [0.5, 0.6) is 0 Å². The molecule has 0 spiro atoms. The van der Waals surface area contributed by atoms with Crippen molar-refractivity contribution in [2.45, 2.75) is 32.9 Å². The number of carbonyl (C=O) groups is 1. The molecule has 0 aliphatic heterocycles. The molecular formula is C16H27N3O2. The number of benzene rings is 1. The number of carbonyl (C=O) groups excluding carboxylic acids is 1. The Hall–Kier alpha value is -1.75. The average molecular weight is 293 g/mol. The predicted molar refractivity (Wildman–Crippen MR) is 86.6 cm³/mol. The lowest BCUT2D eigenvalue weighted by atomic mass is 10.2. The summed E-state index contributed by atoms with van der Waals surface area (Å²) in [5.41, 5.74) is 1.85. The summed E-state index contributed by atoms with van der Waals surface area (Å²) in [7, 11) is 4.09. The third-order valence-corrected chi connectivity index (χ3v) is 2.55. The number of hydrogen-bond acceptors (Lipinski definition) is 4. The maximum absolute atomic E-state index is 11.5. The van der Waals surface area contributed by atoms with Crippen molar-refractivity contribution in [2.75, 3.05) is 32.5 Å². The van der Waals surface area contributed by atoms with Crippen LogP contribution < -0.4 is 10.6 Å². The van der Waals surface area contributed by atoms with Crippen LogP contribution in [-0.2, 0) is 11.3 Å². The van der Waals surface area contributed by atoms with Crippen LogP contribution >= 0.6 is 0 Å². The molecule has 0 bridgehead atoms. The van der Waals surface area contributed by atoms with E-state index in [-0.39, 0.29) is 6.09 Å². The summed E-state index contributed by atoms with van der Waals surface area (Å²) in [6.45, 7) is 7.63. The van der Waals surface area contributed by atoms with Crippen molar-refractivity contribution in [2.24, 2.45) is 0 Å². The molecule has 5 nitrogen and oxygen atoms in total. The van der Waals surface area contributed by atoms with Gasteiger partial charge >= 0.3 is 6.09 Å². The second-order valence-corrected chi connectivity index (χ2v) is 6.29. The highest BCUT2D eigenvalue weighted by atomic mass is 16.6. The molecule has 0 saturated heterocycles. The van der Waals surface area contributed by atoms with Gasteiger partial charge in [-0.3, -0.25) is 0 Å². The first-order valence-electron chi connectivity index (χ1n) is 7.21. The molecular weight excluding hydrogens is 266 g/mol. The summed E-state index contributed by atoms with van der Waals surface area (Å²) in [4.78, 5) is 13.6. The molecule has 1 aromatic rings. The van der Waals surface area contributed by atoms with Crippen molar-refractivity contribution in [3.63, 3.8) is 0 Å². The minimum atomic E-state index is -0.460. The zero-order valence-corrected chi connectivity index (χ0v) is 13.7. The van der Waals surface area contributed by atoms with E-state index in [9.17, 15) is 4.79 Å². The average Bonchev–Trinajstić information content (AvgIpc) is 2.32. The fourth-order valence-electron chi connectivity index (χ4n) is 1.83. The lowest BCUT2D eigenvalue weighted by molar-refractivity contribution is 0.0530. The number of hydrogen-bond donors (Lipinski definition) is 2. The Morgan fingerprint density at radius 1 is 1.24 bits per heavy atom. The van der Waals surface area contributed by atoms with E-state index in [0.29, 0.717) is 13.1 Å². The summed E-state index contributed by atoms with van der Waals surface area (Å²) in [5, 5.41) is 6.01. The largest absolute Gasteiger partial charge is 0.444 e. The topological polar surface area (TPSA) is 53.6 Å². The fraction of sp³-hybridized carbons (Fsp3) is 0.562. The van der Waals surface area contributed by atoms with Gasteiger partial charge in [-0.2, -0.15) is 0 Å². The Morgan fingerprint density at radius 2 is 1.95 bits per heavy atom. The van der Waals surface area contributed by atoms with E-state index in [2.05, 4.69) is 27.7 Å². The van der Waals surface area contributed by atoms with Crippen molar-refractivity contribution >= 4 is 11.8 Å². The first-order chi connectivity index (χ1) is 9.76. The lowest BCUT2D eigenvalue weighted by Crippen LogP contribution is -2.35. The molecule has 5 heteroatoms. The molecule has 1 amide bonds. The molecule has 21 heavy (non-hydrogen) atoms. The van der Waals surface area contributed by atoms with Crippen LogP contribution in [0.15, 0.2) is 24.3 Å². The molecule has 0 heterocycles. The fourth-order valence-corrected chi connectivity index (χ4v) is 1.83. The Morgan fingerprint density at radius 3 is 2.57 bits per heavy atom. The summed E-state index contributed by atoms with van der Waals surface area (Å²) in [6.07, 6.45) is -0.384. The van der Waals surface area contributed by atoms with Crippen molar-refractivity contribution in [1.29, 1.82) is 0 Å². The molecule has 0 aromatic heterocycles. The van der Waals surface area contributed by atoms with E-state index in [4.69, 9.17) is 4.74 Å². The van der Waals surface area contributed by atoms with Gasteiger partial charge in [-0.15, -0.1) is 0 Å². The number of anilines is 1. The molecule has 0 radical (unpaired) electrons. The Bertz CT molecular complexity index is 453. The first-order valence-corrected chi connectivity index (χ1v) is 7.21. The molecule has 0 aliphatic carbocycles. The molecule has 1 rings (SSSR count). The number of nitrogens with one attached hydrogen (secondary N) is 2. The molecule has 1 aromatic carbocycles. The normalized spacial score (nSPS) is 11.3. The molecule has 0 atom stereocenters. The lowest BCUT2D eigenvalue weighted by Gasteiger charge is -2.19. The predicted octanol–water partition coefficient (Wildman–Crippen LogP) is 2.68. The van der Waals surface area contributed by atoms with Crippen LogP contribution in [0.1, 0.15) is 26.3 Å². The number of amides is 1. The van der Waals surface area contributed by atoms with Crippen LogP contribution in [-0.4, -0.2) is 43.8 Å². The molecule has 2 N–H and O–H groups in total. The third-order valence-electron chi connectivity index (χ3n) is 2.55. The molecule has 0 fully saturated rings. The molecule has 0 saturated carbocycles. The van der Waals surface area contributed by atoms with Crippen LogP contribution in [0.25, 0.3) is 0 Å². The van der Waals surface area contributed by atoms with Crippen molar-refractivity contribution in [3.8, 4) is 0 Å². The first kappa shape index (κ1) is 17.3. The van der Waals surface area contributed by atoms with Crippen molar-refractivity contribution in [3.05, 3.63) is 29.8 Å². The summed E-state index contributed by atoms with van der Waals surface area (Å²) in [6, 6.07) is 8.27. The van der Waals surface area contributed by atoms with E-state index < -0.39 is 5.60 Å². The summed E-state index contributed by atoms with van der Waals surface area (Å²) in [5.74, 6) is 0. The minimum absolute atomic E-state index is 0.384. The van der Waals surface area contributed by atoms with Crippen LogP contribution in [0.3, 0.4) is 0 Å². The molecule has 118 valence electrons. The summed E-state index contributed by atoms with van der Waals surface area (Å²) >= 11 is 0. The highest BCUT2D eigenvalue weighted by Gasteiger charge is 2.15. The smallest absolute Gasteiger partial charge is 0.407 e. The van der Waals surface area contributed by atoms with Gasteiger partial charge < -0.3 is 20.3 Å². The SMILES string of the molecule is CN(C)Cc1cccc(NCCNC(=O)OC(C)(C)C)c1. The number of ether oxygens (including phenoxy) is 1. The van der Waals surface area contributed by atoms with E-state index >= 15 is 0 Å². The van der Waals surface area contributed by atoms with Gasteiger partial charge in [-0.1, -0.05) is 12.1 Å². The van der Waals surface area contributed by atoms with Gasteiger partial charge in [0.1, 0.15) is 5.60 Å². The molecule has 0 unspecified atom stereocenters. The maximum atomic E-state index is 11.5. The van der Waals surface area contributed by atoms with Gasteiger partial charge in [-0.25, -0.2) is 4.79 Å². The quantitative estimate of drug-likeness (QED) is 0.792. The second-order valence-electron chi connectivity index (χ2n) is 6.29. The van der Waals surface area contributed by atoms with Crippen molar-refractivity contribution in [1.82, 2.24) is 10.2 Å². The van der Waals surface area contributed by atoms with E-state index in [1.807, 2.05) is 47.0 Å². The zero-order valence-electron chi connectivity index (χ0n) is 13.7. The number of alkyl carbamates (subject to hydrolysis) is 1. The van der Waals surface area contributed by atoms with Crippen LogP contribution in [0.4, 0.5) is 10.5 Å². The standard InChI is InChI=1S/C16H27N3O2/c1-16(2,3)21-15(20)18-10-9-17-14-8-6-7-13(11-14)12-19(4)5/h6-8,11,17H,9-10,12H2,1-5H3,(H,18,20). The van der Waals surface area contributed by atoms with Crippen LogP contribution in [0, 0.1) is 0 Å². The third kappa shape index (κ3) is 8.19. The number of rotatable bonds is 6. The Labute approximate surface area is 127 Å². The van der Waals surface area contributed by atoms with Gasteiger partial charge in [0, 0.05) is 25.3 Å². The van der Waals surface area contributed by atoms with Gasteiger partial charge in [-0.05, 0) is 52.6 Å². The molecule has 0 aliphatic rings. The van der Waals surface area contributed by atoms with Gasteiger partial charge in [0.25, 0.3) is 0 Å². The second kappa shape index (κ2) is 7.88. The van der Waals surface area contributed by atoms with E-state index in [0.717, 1.165) is 12.2 Å². The van der Waals surface area contributed by atoms with Gasteiger partial charge in [0.15, 0.2) is 0 Å². The van der Waals surface area contributed by atoms with Crippen molar-refractivity contribution < 1.29 is 9.53 Å². The Kier molecular flexibility index (Phi) is 6.49. The van der Waals surface area contributed by atoms with Crippen LogP contribution in [0.2, 0.25) is 0 Å². The Balaban J connectivity index is 2.31. The van der Waals surface area contributed by atoms with Gasteiger partial charge in [0.05, 0.1) is 0 Å². The van der Waals surface area contributed by atoms with Gasteiger partial charge in [0.2, 0.25) is 0 Å². The monoisotopic (exact) mass is 293 g/mol. The van der Waals surface area contributed by atoms with E-state index in [1.165, 1.54) is 5.56 Å². The summed E-state index contributed by atoms with van der Waals surface area (Å²) < 4.78 is 5.17. The zero-order chi connectivity index (χ0) is 15.9. The highest BCUT2D eigenvalue weighted by Crippen LogP contribution is 2.11. The highest BCUT2D eigenvalue weighted by molar-refractivity contribution is 5.67. The number of nitrogens with zero attached hydrogens (tertiary/aromatic N) is 1.